The zero-order chi connectivity index (χ0) is 19.2. The van der Waals surface area contributed by atoms with Crippen LogP contribution in [0, 0.1) is 0 Å². The summed E-state index contributed by atoms with van der Waals surface area (Å²) in [5, 5.41) is 0. The Morgan fingerprint density at radius 2 is 1.70 bits per heavy atom. The normalized spacial score (nSPS) is 16.2. The summed E-state index contributed by atoms with van der Waals surface area (Å²) < 4.78 is 11.3. The Labute approximate surface area is 160 Å². The van der Waals surface area contributed by atoms with Gasteiger partial charge in [0.25, 0.3) is 0 Å². The fraction of sp³-hybridized carbons (Fsp3) is 0.381. The monoisotopic (exact) mass is 369 g/mol. The zero-order valence-corrected chi connectivity index (χ0v) is 16.4. The molecule has 6 heteroatoms. The van der Waals surface area contributed by atoms with Crippen LogP contribution in [0.1, 0.15) is 36.7 Å². The first-order valence-corrected chi connectivity index (χ1v) is 9.24. The van der Waals surface area contributed by atoms with Crippen LogP contribution in [0.25, 0.3) is 0 Å². The second kappa shape index (κ2) is 8.88. The molecule has 0 saturated carbocycles. The molecule has 0 radical (unpaired) electrons. The van der Waals surface area contributed by atoms with Gasteiger partial charge in [-0.05, 0) is 57.3 Å². The summed E-state index contributed by atoms with van der Waals surface area (Å²) in [7, 11) is 4.12. The molecule has 0 saturated heterocycles. The Kier molecular flexibility index (Phi) is 6.32. The summed E-state index contributed by atoms with van der Waals surface area (Å²) in [6.45, 7) is 5.97. The van der Waals surface area contributed by atoms with Gasteiger partial charge in [0.05, 0.1) is 13.2 Å². The lowest BCUT2D eigenvalue weighted by Crippen LogP contribution is -2.15. The molecule has 6 nitrogen and oxygen atoms in total. The Hall–Kier alpha value is -2.57. The van der Waals surface area contributed by atoms with E-state index in [1.165, 1.54) is 5.56 Å². The van der Waals surface area contributed by atoms with E-state index in [2.05, 4.69) is 53.7 Å². The van der Waals surface area contributed by atoms with Gasteiger partial charge in [0, 0.05) is 12.1 Å². The van der Waals surface area contributed by atoms with Gasteiger partial charge in [0.2, 0.25) is 5.90 Å². The molecule has 3 rings (SSSR count). The fourth-order valence-corrected chi connectivity index (χ4v) is 2.91. The van der Waals surface area contributed by atoms with Crippen molar-refractivity contribution in [2.45, 2.75) is 26.6 Å². The number of nitrogens with one attached hydrogen (secondary N) is 1. The van der Waals surface area contributed by atoms with Crippen molar-refractivity contribution in [1.82, 2.24) is 10.4 Å². The largest absolute Gasteiger partial charge is 0.490 e. The highest BCUT2D eigenvalue weighted by atomic mass is 16.7. The molecule has 1 atom stereocenters. The number of ether oxygens (including phenoxy) is 2. The first kappa shape index (κ1) is 19.2. The van der Waals surface area contributed by atoms with Crippen LogP contribution in [0.2, 0.25) is 0 Å². The van der Waals surface area contributed by atoms with E-state index in [4.69, 9.17) is 14.3 Å². The topological polar surface area (TPSA) is 55.3 Å². The van der Waals surface area contributed by atoms with Crippen molar-refractivity contribution in [3.8, 4) is 11.5 Å². The van der Waals surface area contributed by atoms with E-state index < -0.39 is 0 Å². The van der Waals surface area contributed by atoms with Crippen LogP contribution in [0.4, 0.5) is 0 Å². The summed E-state index contributed by atoms with van der Waals surface area (Å²) in [5.41, 5.74) is 6.16. The van der Waals surface area contributed by atoms with Gasteiger partial charge in [-0.3, -0.25) is 0 Å². The summed E-state index contributed by atoms with van der Waals surface area (Å²) >= 11 is 0. The third-order valence-electron chi connectivity index (χ3n) is 4.10. The summed E-state index contributed by atoms with van der Waals surface area (Å²) in [5.74, 6) is 1.96. The van der Waals surface area contributed by atoms with Gasteiger partial charge in [-0.25, -0.2) is 4.99 Å². The van der Waals surface area contributed by atoms with Crippen LogP contribution >= 0.6 is 0 Å². The fourth-order valence-electron chi connectivity index (χ4n) is 2.91. The quantitative estimate of drug-likeness (QED) is 0.771. The minimum atomic E-state index is -0.226. The average Bonchev–Trinajstić information content (AvgIpc) is 3.14. The van der Waals surface area contributed by atoms with Gasteiger partial charge in [0.15, 0.2) is 17.7 Å². The van der Waals surface area contributed by atoms with Crippen LogP contribution in [0.15, 0.2) is 47.5 Å². The lowest BCUT2D eigenvalue weighted by Gasteiger charge is -2.12. The first-order valence-electron chi connectivity index (χ1n) is 9.24. The Bertz CT molecular complexity index is 788. The Morgan fingerprint density at radius 1 is 1.00 bits per heavy atom. The predicted molar refractivity (Wildman–Crippen MR) is 106 cm³/mol. The maximum Gasteiger partial charge on any atom is 0.242 e. The average molecular weight is 369 g/mol. The van der Waals surface area contributed by atoms with Gasteiger partial charge in [-0.2, -0.15) is 0 Å². The highest BCUT2D eigenvalue weighted by Gasteiger charge is 2.22. The van der Waals surface area contributed by atoms with Gasteiger partial charge in [-0.1, -0.05) is 24.3 Å². The molecule has 27 heavy (non-hydrogen) atoms. The van der Waals surface area contributed by atoms with Crippen LogP contribution < -0.4 is 15.0 Å². The molecule has 0 amide bonds. The second-order valence-electron chi connectivity index (χ2n) is 6.56. The molecule has 1 N–H and O–H groups in total. The van der Waals surface area contributed by atoms with Crippen molar-refractivity contribution in [3.63, 3.8) is 0 Å². The van der Waals surface area contributed by atoms with Crippen LogP contribution in [0.5, 0.6) is 11.5 Å². The van der Waals surface area contributed by atoms with E-state index in [0.29, 0.717) is 24.9 Å². The molecule has 0 aliphatic carbocycles. The molecular formula is C21H27N3O3. The molecule has 1 unspecified atom stereocenters. The summed E-state index contributed by atoms with van der Waals surface area (Å²) in [6, 6.07) is 14.1. The molecule has 2 aromatic carbocycles. The van der Waals surface area contributed by atoms with Gasteiger partial charge in [0.1, 0.15) is 0 Å². The number of hydroxylamine groups is 1. The summed E-state index contributed by atoms with van der Waals surface area (Å²) in [4.78, 5) is 12.4. The third-order valence-corrected chi connectivity index (χ3v) is 4.10. The van der Waals surface area contributed by atoms with Crippen LogP contribution in [-0.2, 0) is 11.4 Å². The molecule has 144 valence electrons. The van der Waals surface area contributed by atoms with Gasteiger partial charge in [-0.15, -0.1) is 5.48 Å². The number of hydrogen-bond donors (Lipinski definition) is 1. The van der Waals surface area contributed by atoms with E-state index in [9.17, 15) is 0 Å². The van der Waals surface area contributed by atoms with Crippen molar-refractivity contribution in [3.05, 3.63) is 59.2 Å². The van der Waals surface area contributed by atoms with Crippen LogP contribution in [-0.4, -0.2) is 38.1 Å². The number of rotatable bonds is 8. The lowest BCUT2D eigenvalue weighted by atomic mass is 10.1. The minimum absolute atomic E-state index is 0.226. The van der Waals surface area contributed by atoms with E-state index in [-0.39, 0.29) is 6.17 Å². The van der Waals surface area contributed by atoms with E-state index in [1.807, 2.05) is 32.0 Å². The van der Waals surface area contributed by atoms with E-state index in [0.717, 1.165) is 23.4 Å². The highest BCUT2D eigenvalue weighted by molar-refractivity contribution is 5.95. The number of hydrogen-bond acceptors (Lipinski definition) is 6. The zero-order valence-electron chi connectivity index (χ0n) is 16.4. The number of aliphatic imine (C=N–C) groups is 1. The molecule has 0 fully saturated rings. The predicted octanol–water partition coefficient (Wildman–Crippen LogP) is 3.53. The summed E-state index contributed by atoms with van der Waals surface area (Å²) in [6.07, 6.45) is -0.226. The van der Waals surface area contributed by atoms with Gasteiger partial charge >= 0.3 is 0 Å². The molecule has 0 aromatic heterocycles. The smallest absolute Gasteiger partial charge is 0.242 e. The molecule has 1 aliphatic rings. The van der Waals surface area contributed by atoms with Crippen molar-refractivity contribution < 1.29 is 14.3 Å². The Balaban J connectivity index is 1.77. The second-order valence-corrected chi connectivity index (χ2v) is 6.56. The molecule has 0 bridgehead atoms. The Morgan fingerprint density at radius 3 is 2.37 bits per heavy atom. The standard InChI is InChI=1S/C21H27N3O3/c1-5-25-18-12-11-17(13-19(18)26-6-2)21-22-20(23-27-21)16-9-7-15(8-10-16)14-24(3)4/h7-13,20,23H,5-6,14H2,1-4H3. The SMILES string of the molecule is CCOc1ccc(C2=NC(c3ccc(CN(C)C)cc3)NO2)cc1OCC. The molecule has 0 spiro atoms. The maximum atomic E-state index is 5.69. The number of nitrogens with zero attached hydrogens (tertiary/aromatic N) is 2. The van der Waals surface area contributed by atoms with E-state index in [1.54, 1.807) is 0 Å². The van der Waals surface area contributed by atoms with Crippen molar-refractivity contribution in [2.24, 2.45) is 4.99 Å². The molecule has 1 heterocycles. The molecular weight excluding hydrogens is 342 g/mol. The van der Waals surface area contributed by atoms with Crippen LogP contribution in [0.3, 0.4) is 0 Å². The van der Waals surface area contributed by atoms with E-state index >= 15 is 0 Å². The molecule has 2 aromatic rings. The highest BCUT2D eigenvalue weighted by Crippen LogP contribution is 2.30. The van der Waals surface area contributed by atoms with Crippen molar-refractivity contribution in [2.75, 3.05) is 27.3 Å². The number of benzene rings is 2. The maximum absolute atomic E-state index is 5.69. The van der Waals surface area contributed by atoms with Gasteiger partial charge < -0.3 is 19.2 Å². The molecule has 1 aliphatic heterocycles. The third kappa shape index (κ3) is 4.78. The lowest BCUT2D eigenvalue weighted by molar-refractivity contribution is 0.180. The van der Waals surface area contributed by atoms with Crippen molar-refractivity contribution in [1.29, 1.82) is 0 Å². The first-order chi connectivity index (χ1) is 13.1. The van der Waals surface area contributed by atoms with Crippen molar-refractivity contribution >= 4 is 5.90 Å². The minimum Gasteiger partial charge on any atom is -0.490 e.